The van der Waals surface area contributed by atoms with Gasteiger partial charge >= 0.3 is 0 Å². The first-order valence-electron chi connectivity index (χ1n) is 14.3. The summed E-state index contributed by atoms with van der Waals surface area (Å²) >= 11 is 1.82. The third kappa shape index (κ3) is 4.78. The molecule has 0 unspecified atom stereocenters. The van der Waals surface area contributed by atoms with Gasteiger partial charge in [0.25, 0.3) is 0 Å². The molecular formula is C39H25N3S. The Hall–Kier alpha value is -5.45. The molecular weight excluding hydrogens is 543 g/mol. The van der Waals surface area contributed by atoms with E-state index < -0.39 is 0 Å². The Kier molecular flexibility index (Phi) is 6.32. The molecule has 0 amide bonds. The molecule has 0 aliphatic carbocycles. The third-order valence-electron chi connectivity index (χ3n) is 7.76. The molecule has 0 aliphatic heterocycles. The highest BCUT2D eigenvalue weighted by atomic mass is 32.1. The second-order valence-corrected chi connectivity index (χ2v) is 11.5. The zero-order valence-corrected chi connectivity index (χ0v) is 24.0. The predicted molar refractivity (Wildman–Crippen MR) is 180 cm³/mol. The fraction of sp³-hybridized carbons (Fsp3) is 0. The van der Waals surface area contributed by atoms with Crippen LogP contribution in [-0.2, 0) is 0 Å². The molecule has 2 heterocycles. The summed E-state index contributed by atoms with van der Waals surface area (Å²) in [5.41, 5.74) is 7.82. The highest BCUT2D eigenvalue weighted by molar-refractivity contribution is 7.26. The number of fused-ring (bicyclic) bond motifs is 3. The number of benzene rings is 6. The van der Waals surface area contributed by atoms with Gasteiger partial charge < -0.3 is 0 Å². The highest BCUT2D eigenvalue weighted by Gasteiger charge is 2.15. The lowest BCUT2D eigenvalue weighted by molar-refractivity contribution is 1.07. The van der Waals surface area contributed by atoms with Gasteiger partial charge in [0.15, 0.2) is 17.5 Å². The standard InChI is InChI=1S/C39H25N3S/c1-4-11-26(12-5-1)27-19-21-28(22-20-27)32-17-10-18-34-33-24-23-31(25-35(33)43-36(32)34)39-41-37(29-13-6-2-7-14-29)40-38(42-39)30-15-8-3-9-16-30/h1-25H. The summed E-state index contributed by atoms with van der Waals surface area (Å²) in [6.07, 6.45) is 0. The summed E-state index contributed by atoms with van der Waals surface area (Å²) in [5, 5.41) is 2.51. The molecule has 0 saturated carbocycles. The molecule has 0 atom stereocenters. The lowest BCUT2D eigenvalue weighted by Crippen LogP contribution is -1.99. The van der Waals surface area contributed by atoms with Crippen molar-refractivity contribution in [3.8, 4) is 56.4 Å². The van der Waals surface area contributed by atoms with E-state index in [-0.39, 0.29) is 0 Å². The molecule has 0 saturated heterocycles. The largest absolute Gasteiger partial charge is 0.208 e. The van der Waals surface area contributed by atoms with E-state index in [1.807, 2.05) is 72.0 Å². The molecule has 4 heteroatoms. The Morgan fingerprint density at radius 2 is 0.837 bits per heavy atom. The molecule has 3 nitrogen and oxygen atoms in total. The first-order chi connectivity index (χ1) is 21.3. The maximum Gasteiger partial charge on any atom is 0.164 e. The number of hydrogen-bond donors (Lipinski definition) is 0. The lowest BCUT2D eigenvalue weighted by Gasteiger charge is -2.08. The monoisotopic (exact) mass is 567 g/mol. The van der Waals surface area contributed by atoms with E-state index in [0.717, 1.165) is 16.7 Å². The van der Waals surface area contributed by atoms with Gasteiger partial charge in [-0.2, -0.15) is 0 Å². The average molecular weight is 568 g/mol. The van der Waals surface area contributed by atoms with E-state index in [4.69, 9.17) is 15.0 Å². The molecule has 0 bridgehead atoms. The molecule has 8 aromatic rings. The zero-order chi connectivity index (χ0) is 28.6. The maximum atomic E-state index is 4.94. The van der Waals surface area contributed by atoms with Gasteiger partial charge in [-0.3, -0.25) is 0 Å². The molecule has 0 spiro atoms. The van der Waals surface area contributed by atoms with Crippen LogP contribution in [0.15, 0.2) is 152 Å². The number of rotatable bonds is 5. The van der Waals surface area contributed by atoms with Gasteiger partial charge in [0.1, 0.15) is 0 Å². The van der Waals surface area contributed by atoms with Crippen molar-refractivity contribution in [3.05, 3.63) is 152 Å². The number of aromatic nitrogens is 3. The Balaban J connectivity index is 1.23. The topological polar surface area (TPSA) is 38.7 Å². The van der Waals surface area contributed by atoms with Gasteiger partial charge in [0, 0.05) is 36.9 Å². The Labute approximate surface area is 253 Å². The van der Waals surface area contributed by atoms with Crippen LogP contribution in [-0.4, -0.2) is 15.0 Å². The molecule has 43 heavy (non-hydrogen) atoms. The van der Waals surface area contributed by atoms with E-state index in [1.165, 1.54) is 42.4 Å². The van der Waals surface area contributed by atoms with Crippen LogP contribution in [0.3, 0.4) is 0 Å². The number of thiophene rings is 1. The van der Waals surface area contributed by atoms with E-state index in [2.05, 4.69) is 91.0 Å². The molecule has 2 aromatic heterocycles. The predicted octanol–water partition coefficient (Wildman–Crippen LogP) is 10.6. The van der Waals surface area contributed by atoms with Crippen LogP contribution < -0.4 is 0 Å². The van der Waals surface area contributed by atoms with Gasteiger partial charge in [-0.05, 0) is 28.3 Å². The SMILES string of the molecule is c1ccc(-c2ccc(-c3cccc4c3sc3cc(-c5nc(-c6ccccc6)nc(-c6ccccc6)n5)ccc34)cc2)cc1. The van der Waals surface area contributed by atoms with Crippen LogP contribution >= 0.6 is 11.3 Å². The van der Waals surface area contributed by atoms with Crippen molar-refractivity contribution in [1.29, 1.82) is 0 Å². The van der Waals surface area contributed by atoms with Gasteiger partial charge in [0.2, 0.25) is 0 Å². The van der Waals surface area contributed by atoms with Crippen LogP contribution in [0.25, 0.3) is 76.6 Å². The summed E-state index contributed by atoms with van der Waals surface area (Å²) in [7, 11) is 0. The fourth-order valence-electron chi connectivity index (χ4n) is 5.58. The summed E-state index contributed by atoms with van der Waals surface area (Å²) in [4.78, 5) is 14.7. The molecule has 6 aromatic carbocycles. The van der Waals surface area contributed by atoms with Crippen molar-refractivity contribution in [2.45, 2.75) is 0 Å². The van der Waals surface area contributed by atoms with Crippen molar-refractivity contribution in [2.24, 2.45) is 0 Å². The third-order valence-corrected chi connectivity index (χ3v) is 8.96. The minimum Gasteiger partial charge on any atom is -0.208 e. The van der Waals surface area contributed by atoms with Gasteiger partial charge in [-0.1, -0.05) is 146 Å². The number of nitrogens with zero attached hydrogens (tertiary/aromatic N) is 3. The Morgan fingerprint density at radius 1 is 0.349 bits per heavy atom. The molecule has 0 aliphatic rings. The van der Waals surface area contributed by atoms with E-state index in [0.29, 0.717) is 17.5 Å². The maximum absolute atomic E-state index is 4.94. The normalized spacial score (nSPS) is 11.3. The first-order valence-corrected chi connectivity index (χ1v) is 15.1. The summed E-state index contributed by atoms with van der Waals surface area (Å²) < 4.78 is 2.50. The average Bonchev–Trinajstić information content (AvgIpc) is 3.47. The summed E-state index contributed by atoms with van der Waals surface area (Å²) in [6.45, 7) is 0. The molecule has 8 rings (SSSR count). The fourth-order valence-corrected chi connectivity index (χ4v) is 6.85. The molecule has 0 radical (unpaired) electrons. The van der Waals surface area contributed by atoms with Gasteiger partial charge in [-0.15, -0.1) is 11.3 Å². The van der Waals surface area contributed by atoms with E-state index in [9.17, 15) is 0 Å². The quantitative estimate of drug-likeness (QED) is 0.208. The van der Waals surface area contributed by atoms with Crippen molar-refractivity contribution in [2.75, 3.05) is 0 Å². The van der Waals surface area contributed by atoms with Gasteiger partial charge in [-0.25, -0.2) is 15.0 Å². The van der Waals surface area contributed by atoms with Crippen LogP contribution in [0.4, 0.5) is 0 Å². The van der Waals surface area contributed by atoms with E-state index in [1.54, 1.807) is 0 Å². The van der Waals surface area contributed by atoms with E-state index >= 15 is 0 Å². The van der Waals surface area contributed by atoms with Crippen molar-refractivity contribution >= 4 is 31.5 Å². The van der Waals surface area contributed by atoms with Crippen molar-refractivity contribution in [3.63, 3.8) is 0 Å². The molecule has 0 fully saturated rings. The van der Waals surface area contributed by atoms with Crippen molar-refractivity contribution in [1.82, 2.24) is 15.0 Å². The first kappa shape index (κ1) is 25.3. The smallest absolute Gasteiger partial charge is 0.164 e. The van der Waals surface area contributed by atoms with Gasteiger partial charge in [0.05, 0.1) is 0 Å². The number of hydrogen-bond acceptors (Lipinski definition) is 4. The zero-order valence-electron chi connectivity index (χ0n) is 23.2. The summed E-state index contributed by atoms with van der Waals surface area (Å²) in [6, 6.07) is 52.8. The minimum absolute atomic E-state index is 0.669. The van der Waals surface area contributed by atoms with Crippen LogP contribution in [0.1, 0.15) is 0 Å². The minimum atomic E-state index is 0.669. The Morgan fingerprint density at radius 3 is 1.44 bits per heavy atom. The van der Waals surface area contributed by atoms with Crippen molar-refractivity contribution < 1.29 is 0 Å². The lowest BCUT2D eigenvalue weighted by atomic mass is 9.99. The Bertz CT molecular complexity index is 2150. The molecule has 202 valence electrons. The van der Waals surface area contributed by atoms with Crippen LogP contribution in [0.5, 0.6) is 0 Å². The van der Waals surface area contributed by atoms with Crippen LogP contribution in [0.2, 0.25) is 0 Å². The second kappa shape index (κ2) is 10.8. The highest BCUT2D eigenvalue weighted by Crippen LogP contribution is 2.41. The molecule has 0 N–H and O–H groups in total. The second-order valence-electron chi connectivity index (χ2n) is 10.5. The summed E-state index contributed by atoms with van der Waals surface area (Å²) in [5.74, 6) is 2.01. The van der Waals surface area contributed by atoms with Crippen LogP contribution in [0, 0.1) is 0 Å².